The van der Waals surface area contributed by atoms with E-state index in [2.05, 4.69) is 16.7 Å². The Hall–Kier alpha value is -0.910. The molecule has 1 aromatic rings. The maximum absolute atomic E-state index is 12.4. The molecular formula is C18H28N2O2S. The molecule has 1 saturated heterocycles. The Balaban J connectivity index is 1.52. The standard InChI is InChI=1S/C18H28N2O2S/c1-20-13-11-18(12-14-20)9-7-17(8-10-18)19-23(21,22)15-16-5-3-2-4-6-16/h2-6,17,19H,7-15H2,1H3. The Bertz CT molecular complexity index is 597. The highest BCUT2D eigenvalue weighted by Crippen LogP contribution is 2.44. The zero-order valence-electron chi connectivity index (χ0n) is 14.0. The van der Waals surface area contributed by atoms with E-state index in [-0.39, 0.29) is 11.8 Å². The van der Waals surface area contributed by atoms with Crippen molar-refractivity contribution in [3.63, 3.8) is 0 Å². The second-order valence-corrected chi connectivity index (χ2v) is 9.19. The molecule has 1 aliphatic heterocycles. The number of hydrogen-bond donors (Lipinski definition) is 1. The maximum atomic E-state index is 12.4. The largest absolute Gasteiger partial charge is 0.306 e. The number of piperidine rings is 1. The minimum absolute atomic E-state index is 0.0836. The monoisotopic (exact) mass is 336 g/mol. The lowest BCUT2D eigenvalue weighted by Crippen LogP contribution is -2.45. The van der Waals surface area contributed by atoms with Gasteiger partial charge in [-0.1, -0.05) is 30.3 Å². The first kappa shape index (κ1) is 16.9. The summed E-state index contributed by atoms with van der Waals surface area (Å²) in [5.74, 6) is 0.0836. The normalized spacial score (nSPS) is 23.2. The van der Waals surface area contributed by atoms with Crippen molar-refractivity contribution in [2.24, 2.45) is 5.41 Å². The third-order valence-electron chi connectivity index (χ3n) is 5.64. The van der Waals surface area contributed by atoms with Crippen LogP contribution in [-0.4, -0.2) is 39.5 Å². The topological polar surface area (TPSA) is 49.4 Å². The summed E-state index contributed by atoms with van der Waals surface area (Å²) >= 11 is 0. The first-order valence-electron chi connectivity index (χ1n) is 8.69. The first-order valence-corrected chi connectivity index (χ1v) is 10.3. The third kappa shape index (κ3) is 4.55. The van der Waals surface area contributed by atoms with Crippen LogP contribution in [0.25, 0.3) is 0 Å². The van der Waals surface area contributed by atoms with Gasteiger partial charge in [-0.2, -0.15) is 0 Å². The van der Waals surface area contributed by atoms with Gasteiger partial charge in [0.05, 0.1) is 5.75 Å². The highest BCUT2D eigenvalue weighted by molar-refractivity contribution is 7.88. The van der Waals surface area contributed by atoms with Crippen LogP contribution in [0.2, 0.25) is 0 Å². The van der Waals surface area contributed by atoms with E-state index < -0.39 is 10.0 Å². The van der Waals surface area contributed by atoms with E-state index in [9.17, 15) is 8.42 Å². The quantitative estimate of drug-likeness (QED) is 0.920. The van der Waals surface area contributed by atoms with Crippen LogP contribution in [0.1, 0.15) is 44.1 Å². The molecule has 2 fully saturated rings. The van der Waals surface area contributed by atoms with Crippen molar-refractivity contribution in [1.82, 2.24) is 9.62 Å². The summed E-state index contributed by atoms with van der Waals surface area (Å²) in [6.45, 7) is 2.37. The van der Waals surface area contributed by atoms with Gasteiger partial charge in [0.25, 0.3) is 0 Å². The second kappa shape index (κ2) is 6.91. The second-order valence-electron chi connectivity index (χ2n) is 7.44. The van der Waals surface area contributed by atoms with Gasteiger partial charge in [0.15, 0.2) is 0 Å². The van der Waals surface area contributed by atoms with Crippen molar-refractivity contribution in [2.75, 3.05) is 20.1 Å². The van der Waals surface area contributed by atoms with E-state index >= 15 is 0 Å². The summed E-state index contributed by atoms with van der Waals surface area (Å²) in [6, 6.07) is 9.53. The van der Waals surface area contributed by atoms with E-state index in [0.29, 0.717) is 5.41 Å². The first-order chi connectivity index (χ1) is 11.0. The number of likely N-dealkylation sites (tertiary alicyclic amines) is 1. The molecule has 1 N–H and O–H groups in total. The molecule has 1 aliphatic carbocycles. The molecule has 0 aromatic heterocycles. The Kier molecular flexibility index (Phi) is 5.09. The molecule has 1 aromatic carbocycles. The number of sulfonamides is 1. The molecule has 0 radical (unpaired) electrons. The van der Waals surface area contributed by atoms with Gasteiger partial charge in [0.2, 0.25) is 10.0 Å². The van der Waals surface area contributed by atoms with Crippen molar-refractivity contribution in [1.29, 1.82) is 0 Å². The number of rotatable bonds is 4. The average molecular weight is 337 g/mol. The Morgan fingerprint density at radius 2 is 1.70 bits per heavy atom. The summed E-state index contributed by atoms with van der Waals surface area (Å²) in [5.41, 5.74) is 1.33. The molecule has 23 heavy (non-hydrogen) atoms. The van der Waals surface area contributed by atoms with Gasteiger partial charge in [-0.25, -0.2) is 13.1 Å². The Morgan fingerprint density at radius 3 is 2.30 bits per heavy atom. The van der Waals surface area contributed by atoms with Crippen molar-refractivity contribution in [3.05, 3.63) is 35.9 Å². The lowest BCUT2D eigenvalue weighted by atomic mass is 9.67. The van der Waals surface area contributed by atoms with Crippen LogP contribution in [-0.2, 0) is 15.8 Å². The van der Waals surface area contributed by atoms with Gasteiger partial charge in [-0.05, 0) is 69.6 Å². The Morgan fingerprint density at radius 1 is 1.09 bits per heavy atom. The molecule has 5 heteroatoms. The predicted octanol–water partition coefficient (Wildman–Crippen LogP) is 2.76. The molecule has 1 spiro atoms. The lowest BCUT2D eigenvalue weighted by Gasteiger charge is -2.45. The van der Waals surface area contributed by atoms with E-state index in [1.165, 1.54) is 38.8 Å². The maximum Gasteiger partial charge on any atom is 0.216 e. The van der Waals surface area contributed by atoms with Crippen LogP contribution in [0, 0.1) is 5.41 Å². The summed E-state index contributed by atoms with van der Waals surface area (Å²) in [7, 11) is -1.05. The van der Waals surface area contributed by atoms with Crippen molar-refractivity contribution >= 4 is 10.0 Å². The number of nitrogens with zero attached hydrogens (tertiary/aromatic N) is 1. The van der Waals surface area contributed by atoms with Crippen LogP contribution in [0.5, 0.6) is 0 Å². The van der Waals surface area contributed by atoms with E-state index in [0.717, 1.165) is 18.4 Å². The lowest BCUT2D eigenvalue weighted by molar-refractivity contribution is 0.0729. The van der Waals surface area contributed by atoms with E-state index in [1.54, 1.807) is 0 Å². The molecule has 0 atom stereocenters. The van der Waals surface area contributed by atoms with Gasteiger partial charge in [-0.3, -0.25) is 0 Å². The van der Waals surface area contributed by atoms with Crippen LogP contribution in [0.4, 0.5) is 0 Å². The van der Waals surface area contributed by atoms with Crippen LogP contribution in [0.15, 0.2) is 30.3 Å². The zero-order chi connectivity index (χ0) is 16.3. The summed E-state index contributed by atoms with van der Waals surface area (Å²) in [5, 5.41) is 0. The predicted molar refractivity (Wildman–Crippen MR) is 93.6 cm³/mol. The average Bonchev–Trinajstić information content (AvgIpc) is 2.53. The zero-order valence-corrected chi connectivity index (χ0v) is 14.8. The summed E-state index contributed by atoms with van der Waals surface area (Å²) in [6.07, 6.45) is 6.84. The van der Waals surface area contributed by atoms with Crippen LogP contribution >= 0.6 is 0 Å². The van der Waals surface area contributed by atoms with E-state index in [4.69, 9.17) is 0 Å². The van der Waals surface area contributed by atoms with Gasteiger partial charge in [0.1, 0.15) is 0 Å². The molecule has 2 aliphatic rings. The third-order valence-corrected chi connectivity index (χ3v) is 7.05. The molecule has 0 bridgehead atoms. The molecule has 0 amide bonds. The van der Waals surface area contributed by atoms with Gasteiger partial charge in [-0.15, -0.1) is 0 Å². The van der Waals surface area contributed by atoms with Crippen LogP contribution in [0.3, 0.4) is 0 Å². The van der Waals surface area contributed by atoms with E-state index in [1.807, 2.05) is 30.3 Å². The SMILES string of the molecule is CN1CCC2(CCC(NS(=O)(=O)Cc3ccccc3)CC2)CC1. The smallest absolute Gasteiger partial charge is 0.216 e. The molecule has 1 heterocycles. The fourth-order valence-corrected chi connectivity index (χ4v) is 5.49. The van der Waals surface area contributed by atoms with Crippen molar-refractivity contribution < 1.29 is 8.42 Å². The van der Waals surface area contributed by atoms with Gasteiger partial charge >= 0.3 is 0 Å². The fraction of sp³-hybridized carbons (Fsp3) is 0.667. The molecular weight excluding hydrogens is 308 g/mol. The number of benzene rings is 1. The molecule has 4 nitrogen and oxygen atoms in total. The molecule has 128 valence electrons. The Labute approximate surface area is 140 Å². The molecule has 1 saturated carbocycles. The van der Waals surface area contributed by atoms with Gasteiger partial charge < -0.3 is 4.90 Å². The van der Waals surface area contributed by atoms with Crippen molar-refractivity contribution in [2.45, 2.75) is 50.3 Å². The van der Waals surface area contributed by atoms with Gasteiger partial charge in [0, 0.05) is 6.04 Å². The highest BCUT2D eigenvalue weighted by atomic mass is 32.2. The summed E-state index contributed by atoms with van der Waals surface area (Å²) in [4.78, 5) is 2.40. The van der Waals surface area contributed by atoms with Crippen LogP contribution < -0.4 is 4.72 Å². The highest BCUT2D eigenvalue weighted by Gasteiger charge is 2.38. The number of hydrogen-bond acceptors (Lipinski definition) is 3. The minimum Gasteiger partial charge on any atom is -0.306 e. The molecule has 0 unspecified atom stereocenters. The molecule has 3 rings (SSSR count). The fourth-order valence-electron chi connectivity index (χ4n) is 4.03. The van der Waals surface area contributed by atoms with Crippen molar-refractivity contribution in [3.8, 4) is 0 Å². The summed E-state index contributed by atoms with van der Waals surface area (Å²) < 4.78 is 27.7. The number of nitrogens with one attached hydrogen (secondary N) is 1. The minimum atomic E-state index is -3.24.